The predicted molar refractivity (Wildman–Crippen MR) is 109 cm³/mol. The Balaban J connectivity index is 1.66. The number of benzene rings is 2. The largest absolute Gasteiger partial charge is 0.322 e. The van der Waals surface area contributed by atoms with Crippen LogP contribution in [0.2, 0.25) is 0 Å². The number of anilines is 1. The van der Waals surface area contributed by atoms with Crippen LogP contribution >= 0.6 is 0 Å². The quantitative estimate of drug-likeness (QED) is 0.606. The second-order valence-electron chi connectivity index (χ2n) is 7.16. The van der Waals surface area contributed by atoms with Crippen molar-refractivity contribution < 1.29 is 13.6 Å². The van der Waals surface area contributed by atoms with Gasteiger partial charge in [-0.15, -0.1) is 0 Å². The van der Waals surface area contributed by atoms with Gasteiger partial charge in [0.25, 0.3) is 0 Å². The Morgan fingerprint density at radius 3 is 2.54 bits per heavy atom. The van der Waals surface area contributed by atoms with E-state index in [2.05, 4.69) is 25.2 Å². The maximum atomic E-state index is 13.9. The van der Waals surface area contributed by atoms with Gasteiger partial charge in [-0.3, -0.25) is 0 Å². The lowest BCUT2D eigenvalue weighted by Gasteiger charge is -2.17. The van der Waals surface area contributed by atoms with Crippen LogP contribution in [-0.4, -0.2) is 10.9 Å². The standard InChI is InChI=1S/C23H26F2N2O/c1-3-5-7-16(6-4-2)17-8-10-20(11-9-17)26-23(28)27-14-18-12-19(24)13-22(25)21(18)15-27/h7-13H,3-6,14-15H2,1-2H3,(H,26,28)/b16-7+. The Hall–Kier alpha value is -2.69. The van der Waals surface area contributed by atoms with E-state index < -0.39 is 11.6 Å². The van der Waals surface area contributed by atoms with Crippen molar-refractivity contribution in [1.82, 2.24) is 4.90 Å². The summed E-state index contributed by atoms with van der Waals surface area (Å²) in [5.74, 6) is -1.22. The number of amides is 2. The zero-order chi connectivity index (χ0) is 20.1. The first-order valence-corrected chi connectivity index (χ1v) is 9.84. The summed E-state index contributed by atoms with van der Waals surface area (Å²) in [5.41, 5.74) is 4.09. The van der Waals surface area contributed by atoms with Crippen molar-refractivity contribution in [3.8, 4) is 0 Å². The van der Waals surface area contributed by atoms with E-state index in [1.807, 2.05) is 24.3 Å². The zero-order valence-corrected chi connectivity index (χ0v) is 16.4. The van der Waals surface area contributed by atoms with Gasteiger partial charge in [-0.05, 0) is 47.7 Å². The van der Waals surface area contributed by atoms with Crippen LogP contribution in [0, 0.1) is 11.6 Å². The van der Waals surface area contributed by atoms with Crippen molar-refractivity contribution in [2.45, 2.75) is 52.6 Å². The molecule has 1 aliphatic heterocycles. The van der Waals surface area contributed by atoms with E-state index in [1.165, 1.54) is 22.1 Å². The van der Waals surface area contributed by atoms with Crippen molar-refractivity contribution in [2.24, 2.45) is 0 Å². The Labute approximate surface area is 165 Å². The van der Waals surface area contributed by atoms with Crippen molar-refractivity contribution in [3.63, 3.8) is 0 Å². The van der Waals surface area contributed by atoms with Gasteiger partial charge in [-0.25, -0.2) is 13.6 Å². The number of nitrogens with zero attached hydrogens (tertiary/aromatic N) is 1. The average Bonchev–Trinajstić information content (AvgIpc) is 3.10. The molecule has 2 amide bonds. The van der Waals surface area contributed by atoms with Gasteiger partial charge in [0.1, 0.15) is 11.6 Å². The van der Waals surface area contributed by atoms with Gasteiger partial charge >= 0.3 is 6.03 Å². The fourth-order valence-corrected chi connectivity index (χ4v) is 3.49. The highest BCUT2D eigenvalue weighted by Gasteiger charge is 2.26. The minimum Gasteiger partial charge on any atom is -0.316 e. The molecule has 2 aromatic carbocycles. The minimum atomic E-state index is -0.617. The fourth-order valence-electron chi connectivity index (χ4n) is 3.49. The van der Waals surface area contributed by atoms with E-state index >= 15 is 0 Å². The summed E-state index contributed by atoms with van der Waals surface area (Å²) < 4.78 is 27.3. The third-order valence-corrected chi connectivity index (χ3v) is 4.96. The molecule has 0 radical (unpaired) electrons. The first-order chi connectivity index (χ1) is 13.5. The molecule has 3 rings (SSSR count). The first kappa shape index (κ1) is 20.1. The third-order valence-electron chi connectivity index (χ3n) is 4.96. The summed E-state index contributed by atoms with van der Waals surface area (Å²) in [7, 11) is 0. The van der Waals surface area contributed by atoms with Crippen LogP contribution in [0.25, 0.3) is 5.57 Å². The molecule has 0 spiro atoms. The molecule has 5 heteroatoms. The summed E-state index contributed by atoms with van der Waals surface area (Å²) in [6, 6.07) is 9.62. The molecule has 0 fully saturated rings. The number of hydrogen-bond acceptors (Lipinski definition) is 1. The van der Waals surface area contributed by atoms with Gasteiger partial charge in [0.2, 0.25) is 0 Å². The van der Waals surface area contributed by atoms with E-state index in [4.69, 9.17) is 0 Å². The van der Waals surface area contributed by atoms with Crippen molar-refractivity contribution in [1.29, 1.82) is 0 Å². The summed E-state index contributed by atoms with van der Waals surface area (Å²) in [4.78, 5) is 14.0. The van der Waals surface area contributed by atoms with Gasteiger partial charge in [-0.2, -0.15) is 0 Å². The predicted octanol–water partition coefficient (Wildman–Crippen LogP) is 6.50. The van der Waals surface area contributed by atoms with Crippen LogP contribution < -0.4 is 5.32 Å². The third kappa shape index (κ3) is 4.58. The van der Waals surface area contributed by atoms with E-state index in [1.54, 1.807) is 0 Å². The Morgan fingerprint density at radius 2 is 1.86 bits per heavy atom. The number of carbonyl (C=O) groups excluding carboxylic acids is 1. The van der Waals surface area contributed by atoms with E-state index in [-0.39, 0.29) is 19.1 Å². The molecular formula is C23H26F2N2O. The van der Waals surface area contributed by atoms with E-state index in [9.17, 15) is 13.6 Å². The Bertz CT molecular complexity index is 875. The smallest absolute Gasteiger partial charge is 0.316 e. The number of unbranched alkanes of at least 4 members (excludes halogenated alkanes) is 1. The summed E-state index contributed by atoms with van der Waals surface area (Å²) >= 11 is 0. The number of allylic oxidation sites excluding steroid dienone is 2. The van der Waals surface area contributed by atoms with Crippen molar-refractivity contribution >= 4 is 17.3 Å². The highest BCUT2D eigenvalue weighted by molar-refractivity contribution is 5.90. The lowest BCUT2D eigenvalue weighted by molar-refractivity contribution is 0.212. The van der Waals surface area contributed by atoms with Crippen LogP contribution in [0.15, 0.2) is 42.5 Å². The number of hydrogen-bond donors (Lipinski definition) is 1. The topological polar surface area (TPSA) is 32.3 Å². The zero-order valence-electron chi connectivity index (χ0n) is 16.4. The molecule has 1 N–H and O–H groups in total. The molecule has 1 aliphatic rings. The number of carbonyl (C=O) groups is 1. The summed E-state index contributed by atoms with van der Waals surface area (Å²) in [6.07, 6.45) is 6.57. The lowest BCUT2D eigenvalue weighted by Crippen LogP contribution is -2.30. The molecule has 0 unspecified atom stereocenters. The minimum absolute atomic E-state index is 0.145. The maximum Gasteiger partial charge on any atom is 0.322 e. The molecule has 0 bridgehead atoms. The first-order valence-electron chi connectivity index (χ1n) is 9.84. The molecule has 2 aromatic rings. The van der Waals surface area contributed by atoms with Crippen molar-refractivity contribution in [3.05, 3.63) is 70.8 Å². The molecule has 0 saturated carbocycles. The molecule has 0 atom stereocenters. The maximum absolute atomic E-state index is 13.9. The molecule has 0 aliphatic carbocycles. The number of urea groups is 1. The van der Waals surface area contributed by atoms with Gasteiger partial charge in [-0.1, -0.05) is 44.9 Å². The normalized spacial score (nSPS) is 13.6. The van der Waals surface area contributed by atoms with Gasteiger partial charge in [0.15, 0.2) is 0 Å². The summed E-state index contributed by atoms with van der Waals surface area (Å²) in [6.45, 7) is 4.67. The van der Waals surface area contributed by atoms with Gasteiger partial charge < -0.3 is 10.2 Å². The SMILES string of the molecule is CCC/C=C(\CCC)c1ccc(NC(=O)N2Cc3cc(F)cc(F)c3C2)cc1. The number of nitrogens with one attached hydrogen (secondary N) is 1. The average molecular weight is 384 g/mol. The highest BCUT2D eigenvalue weighted by atomic mass is 19.1. The summed E-state index contributed by atoms with van der Waals surface area (Å²) in [5, 5.41) is 2.85. The van der Waals surface area contributed by atoms with Gasteiger partial charge in [0, 0.05) is 23.9 Å². The monoisotopic (exact) mass is 384 g/mol. The van der Waals surface area contributed by atoms with Crippen LogP contribution in [0.5, 0.6) is 0 Å². The number of halogens is 2. The number of fused-ring (bicyclic) bond motifs is 1. The van der Waals surface area contributed by atoms with E-state index in [0.29, 0.717) is 16.8 Å². The van der Waals surface area contributed by atoms with Crippen LogP contribution in [0.1, 0.15) is 56.2 Å². The molecular weight excluding hydrogens is 358 g/mol. The molecule has 0 aromatic heterocycles. The van der Waals surface area contributed by atoms with Crippen LogP contribution in [0.4, 0.5) is 19.3 Å². The highest BCUT2D eigenvalue weighted by Crippen LogP contribution is 2.27. The molecule has 148 valence electrons. The van der Waals surface area contributed by atoms with E-state index in [0.717, 1.165) is 31.7 Å². The van der Waals surface area contributed by atoms with Crippen LogP contribution in [0.3, 0.4) is 0 Å². The van der Waals surface area contributed by atoms with Crippen LogP contribution in [-0.2, 0) is 13.1 Å². The molecule has 28 heavy (non-hydrogen) atoms. The Kier molecular flexibility index (Phi) is 6.45. The lowest BCUT2D eigenvalue weighted by atomic mass is 9.99. The molecule has 0 saturated heterocycles. The fraction of sp³-hybridized carbons (Fsp3) is 0.348. The molecule has 3 nitrogen and oxygen atoms in total. The van der Waals surface area contributed by atoms with Crippen molar-refractivity contribution in [2.75, 3.05) is 5.32 Å². The molecule has 1 heterocycles. The second-order valence-corrected chi connectivity index (χ2v) is 7.16. The Morgan fingerprint density at radius 1 is 1.11 bits per heavy atom. The number of rotatable bonds is 6. The second kappa shape index (κ2) is 9.00. The van der Waals surface area contributed by atoms with Gasteiger partial charge in [0.05, 0.1) is 6.54 Å².